The van der Waals surface area contributed by atoms with E-state index in [1.807, 2.05) is 24.4 Å². The van der Waals surface area contributed by atoms with Gasteiger partial charge in [-0.15, -0.1) is 5.10 Å². The Kier molecular flexibility index (Phi) is 5.24. The molecule has 2 aliphatic heterocycles. The van der Waals surface area contributed by atoms with Crippen LogP contribution in [0.25, 0.3) is 16.6 Å². The van der Waals surface area contributed by atoms with Crippen molar-refractivity contribution in [2.75, 3.05) is 44.0 Å². The average Bonchev–Trinajstić information content (AvgIpc) is 3.49. The molecule has 0 radical (unpaired) electrons. The quantitative estimate of drug-likeness (QED) is 0.493. The zero-order valence-electron chi connectivity index (χ0n) is 19.6. The summed E-state index contributed by atoms with van der Waals surface area (Å²) in [5.41, 5.74) is 10.1. The molecule has 10 heteroatoms. The van der Waals surface area contributed by atoms with Gasteiger partial charge in [-0.05, 0) is 44.7 Å². The molecule has 1 atom stereocenters. The standard InChI is InChI=1S/C24H30N8O2/c1-15-19(13-26-31(15)17-8-11-34-12-9-17)30-10-4-5-16(14-30)22-28-23-18-6-3-7-20(33-2)21(18)27-24(25)32(23)29-22/h3,6-7,13,16-17H,4-5,8-12,14H2,1-2H3,(H2,25,27)/t16-/m1/s1. The van der Waals surface area contributed by atoms with Crippen molar-refractivity contribution in [1.82, 2.24) is 29.4 Å². The fourth-order valence-corrected chi connectivity index (χ4v) is 5.41. The van der Waals surface area contributed by atoms with Gasteiger partial charge in [0.1, 0.15) is 11.3 Å². The highest BCUT2D eigenvalue weighted by atomic mass is 16.5. The molecule has 2 saturated heterocycles. The third-order valence-corrected chi connectivity index (χ3v) is 7.21. The molecule has 1 aromatic carbocycles. The number of aromatic nitrogens is 6. The minimum Gasteiger partial charge on any atom is -0.494 e. The molecule has 2 fully saturated rings. The van der Waals surface area contributed by atoms with Gasteiger partial charge < -0.3 is 20.1 Å². The van der Waals surface area contributed by atoms with Crippen molar-refractivity contribution < 1.29 is 9.47 Å². The topological polar surface area (TPSA) is 109 Å². The minimum absolute atomic E-state index is 0.208. The fraction of sp³-hybridized carbons (Fsp3) is 0.500. The smallest absolute Gasteiger partial charge is 0.223 e. The Hall–Kier alpha value is -3.40. The third kappa shape index (κ3) is 3.44. The molecule has 34 heavy (non-hydrogen) atoms. The van der Waals surface area contributed by atoms with Crippen LogP contribution in [0.5, 0.6) is 5.75 Å². The number of nitrogens with zero attached hydrogens (tertiary/aromatic N) is 7. The number of piperidine rings is 1. The van der Waals surface area contributed by atoms with E-state index >= 15 is 0 Å². The van der Waals surface area contributed by atoms with Gasteiger partial charge in [-0.2, -0.15) is 9.61 Å². The molecule has 0 saturated carbocycles. The van der Waals surface area contributed by atoms with Crippen molar-refractivity contribution in [2.45, 2.75) is 44.6 Å². The van der Waals surface area contributed by atoms with E-state index in [-0.39, 0.29) is 5.92 Å². The number of para-hydroxylation sites is 1. The first-order valence-electron chi connectivity index (χ1n) is 12.0. The van der Waals surface area contributed by atoms with E-state index in [4.69, 9.17) is 30.4 Å². The Bertz CT molecular complexity index is 1340. The van der Waals surface area contributed by atoms with E-state index < -0.39 is 0 Å². The summed E-state index contributed by atoms with van der Waals surface area (Å²) in [6.07, 6.45) is 6.17. The summed E-state index contributed by atoms with van der Waals surface area (Å²) >= 11 is 0. The van der Waals surface area contributed by atoms with E-state index in [9.17, 15) is 0 Å². The van der Waals surface area contributed by atoms with Gasteiger partial charge in [-0.3, -0.25) is 4.68 Å². The van der Waals surface area contributed by atoms with E-state index in [1.54, 1.807) is 11.6 Å². The van der Waals surface area contributed by atoms with Crippen molar-refractivity contribution in [3.05, 3.63) is 35.9 Å². The Morgan fingerprint density at radius 1 is 1.15 bits per heavy atom. The molecule has 0 unspecified atom stereocenters. The normalized spacial score (nSPS) is 19.8. The first kappa shape index (κ1) is 21.2. The molecule has 2 aliphatic rings. The van der Waals surface area contributed by atoms with Crippen LogP contribution in [0.4, 0.5) is 11.6 Å². The number of hydrogen-bond donors (Lipinski definition) is 1. The summed E-state index contributed by atoms with van der Waals surface area (Å²) in [5.74, 6) is 2.01. The first-order valence-corrected chi connectivity index (χ1v) is 12.0. The highest BCUT2D eigenvalue weighted by Crippen LogP contribution is 2.34. The molecular formula is C24H30N8O2. The molecule has 2 N–H and O–H groups in total. The van der Waals surface area contributed by atoms with E-state index in [0.717, 1.165) is 68.8 Å². The van der Waals surface area contributed by atoms with Gasteiger partial charge in [0, 0.05) is 37.6 Å². The maximum Gasteiger partial charge on any atom is 0.223 e. The largest absolute Gasteiger partial charge is 0.494 e. The highest BCUT2D eigenvalue weighted by Gasteiger charge is 2.29. The summed E-state index contributed by atoms with van der Waals surface area (Å²) in [5, 5.41) is 10.4. The Labute approximate surface area is 197 Å². The molecule has 0 aliphatic carbocycles. The van der Waals surface area contributed by atoms with Crippen LogP contribution in [0.3, 0.4) is 0 Å². The molecule has 10 nitrogen and oxygen atoms in total. The van der Waals surface area contributed by atoms with Crippen LogP contribution in [0.15, 0.2) is 24.4 Å². The van der Waals surface area contributed by atoms with Gasteiger partial charge >= 0.3 is 0 Å². The van der Waals surface area contributed by atoms with Crippen LogP contribution in [0, 0.1) is 6.92 Å². The average molecular weight is 463 g/mol. The number of fused-ring (bicyclic) bond motifs is 3. The number of nitrogens with two attached hydrogens (primary N) is 1. The van der Waals surface area contributed by atoms with Crippen LogP contribution in [0.1, 0.15) is 49.2 Å². The SMILES string of the molecule is COc1cccc2c1nc(N)n1nc([C@@H]3CCCN(c4cnn(C5CCOCC5)c4C)C3)nc21. The second-order valence-corrected chi connectivity index (χ2v) is 9.22. The van der Waals surface area contributed by atoms with Gasteiger partial charge in [-0.25, -0.2) is 9.97 Å². The zero-order chi connectivity index (χ0) is 23.2. The summed E-state index contributed by atoms with van der Waals surface area (Å²) in [6.45, 7) is 5.66. The summed E-state index contributed by atoms with van der Waals surface area (Å²) in [6, 6.07) is 6.22. The molecule has 0 bridgehead atoms. The van der Waals surface area contributed by atoms with Crippen LogP contribution < -0.4 is 15.4 Å². The Morgan fingerprint density at radius 3 is 2.82 bits per heavy atom. The van der Waals surface area contributed by atoms with Gasteiger partial charge in [0.2, 0.25) is 5.95 Å². The number of rotatable bonds is 4. The maximum absolute atomic E-state index is 6.26. The Morgan fingerprint density at radius 2 is 2.00 bits per heavy atom. The number of anilines is 2. The van der Waals surface area contributed by atoms with Gasteiger partial charge in [-0.1, -0.05) is 6.07 Å². The second-order valence-electron chi connectivity index (χ2n) is 9.22. The highest BCUT2D eigenvalue weighted by molar-refractivity contribution is 5.95. The van der Waals surface area contributed by atoms with Crippen molar-refractivity contribution >= 4 is 28.2 Å². The lowest BCUT2D eigenvalue weighted by molar-refractivity contribution is 0.0657. The predicted octanol–water partition coefficient (Wildman–Crippen LogP) is 3.11. The molecular weight excluding hydrogens is 432 g/mol. The predicted molar refractivity (Wildman–Crippen MR) is 129 cm³/mol. The second kappa shape index (κ2) is 8.43. The molecule has 0 spiro atoms. The molecule has 0 amide bonds. The lowest BCUT2D eigenvalue weighted by Gasteiger charge is -2.33. The van der Waals surface area contributed by atoms with Crippen molar-refractivity contribution in [3.8, 4) is 5.75 Å². The van der Waals surface area contributed by atoms with Crippen LogP contribution >= 0.6 is 0 Å². The van der Waals surface area contributed by atoms with Gasteiger partial charge in [0.25, 0.3) is 0 Å². The fourth-order valence-electron chi connectivity index (χ4n) is 5.41. The van der Waals surface area contributed by atoms with Gasteiger partial charge in [0.05, 0.1) is 30.7 Å². The van der Waals surface area contributed by atoms with E-state index in [1.165, 1.54) is 11.4 Å². The van der Waals surface area contributed by atoms with E-state index in [2.05, 4.69) is 21.5 Å². The number of ether oxygens (including phenoxy) is 2. The van der Waals surface area contributed by atoms with Crippen LogP contribution in [0.2, 0.25) is 0 Å². The van der Waals surface area contributed by atoms with E-state index in [0.29, 0.717) is 23.3 Å². The molecule has 4 aromatic rings. The molecule has 6 rings (SSSR count). The monoisotopic (exact) mass is 462 g/mol. The Balaban J connectivity index is 1.31. The number of methoxy groups -OCH3 is 1. The van der Waals surface area contributed by atoms with Crippen LogP contribution in [-0.2, 0) is 4.74 Å². The molecule has 5 heterocycles. The number of benzene rings is 1. The third-order valence-electron chi connectivity index (χ3n) is 7.21. The van der Waals surface area contributed by atoms with Crippen LogP contribution in [-0.4, -0.2) is 62.8 Å². The summed E-state index contributed by atoms with van der Waals surface area (Å²) in [7, 11) is 1.63. The lowest BCUT2D eigenvalue weighted by atomic mass is 9.97. The maximum atomic E-state index is 6.26. The zero-order valence-corrected chi connectivity index (χ0v) is 19.6. The van der Waals surface area contributed by atoms with Crippen molar-refractivity contribution in [1.29, 1.82) is 0 Å². The lowest BCUT2D eigenvalue weighted by Crippen LogP contribution is -2.35. The minimum atomic E-state index is 0.208. The summed E-state index contributed by atoms with van der Waals surface area (Å²) < 4.78 is 14.9. The van der Waals surface area contributed by atoms with Crippen molar-refractivity contribution in [3.63, 3.8) is 0 Å². The van der Waals surface area contributed by atoms with Crippen molar-refractivity contribution in [2.24, 2.45) is 0 Å². The number of hydrogen-bond acceptors (Lipinski definition) is 8. The first-order chi connectivity index (χ1) is 16.6. The molecule has 3 aromatic heterocycles. The van der Waals surface area contributed by atoms with Gasteiger partial charge in [0.15, 0.2) is 11.5 Å². The molecule has 178 valence electrons. The number of nitrogen functional groups attached to an aromatic ring is 1. The summed E-state index contributed by atoms with van der Waals surface area (Å²) in [4.78, 5) is 11.9.